The molecule has 0 atom stereocenters. The lowest BCUT2D eigenvalue weighted by atomic mass is 10.6. The fourth-order valence-electron chi connectivity index (χ4n) is 0.607. The third kappa shape index (κ3) is 2.89. The van der Waals surface area contributed by atoms with E-state index in [2.05, 4.69) is 9.73 Å². The lowest BCUT2D eigenvalue weighted by Gasteiger charge is -1.97. The molecule has 0 unspecified atom stereocenters. The number of carbonyl (C=O) groups is 1. The third-order valence-electron chi connectivity index (χ3n) is 1.29. The minimum Gasteiger partial charge on any atom is -0.461 e. The van der Waals surface area contributed by atoms with Crippen molar-refractivity contribution in [2.45, 2.75) is 25.8 Å². The van der Waals surface area contributed by atoms with Gasteiger partial charge in [-0.1, -0.05) is 11.6 Å². The van der Waals surface area contributed by atoms with E-state index >= 15 is 0 Å². The third-order valence-corrected chi connectivity index (χ3v) is 1.54. The highest BCUT2D eigenvalue weighted by Crippen LogP contribution is 2.24. The Bertz CT molecular complexity index is 187. The fourth-order valence-corrected chi connectivity index (χ4v) is 0.800. The number of hydrogen-bond acceptors (Lipinski definition) is 3. The molecule has 62 valence electrons. The van der Waals surface area contributed by atoms with Gasteiger partial charge in [0.25, 0.3) is 0 Å². The van der Waals surface area contributed by atoms with Gasteiger partial charge in [0.05, 0.1) is 12.6 Å². The van der Waals surface area contributed by atoms with E-state index in [4.69, 9.17) is 11.6 Å². The summed E-state index contributed by atoms with van der Waals surface area (Å²) in [5.41, 5.74) is 0. The number of nitrogens with zero attached hydrogens (tertiary/aromatic N) is 1. The van der Waals surface area contributed by atoms with Gasteiger partial charge in [-0.05, 0) is 19.8 Å². The van der Waals surface area contributed by atoms with Crippen LogP contribution in [0.1, 0.15) is 19.8 Å². The maximum Gasteiger partial charge on any atom is 0.368 e. The van der Waals surface area contributed by atoms with Gasteiger partial charge < -0.3 is 4.74 Å². The molecule has 0 aromatic carbocycles. The smallest absolute Gasteiger partial charge is 0.368 e. The van der Waals surface area contributed by atoms with Crippen LogP contribution >= 0.6 is 11.6 Å². The quantitative estimate of drug-likeness (QED) is 0.480. The first-order chi connectivity index (χ1) is 5.24. The molecule has 0 heterocycles. The highest BCUT2D eigenvalue weighted by atomic mass is 35.5. The van der Waals surface area contributed by atoms with Gasteiger partial charge >= 0.3 is 5.97 Å². The van der Waals surface area contributed by atoms with Gasteiger partial charge in [0.2, 0.25) is 5.17 Å². The second-order valence-electron chi connectivity index (χ2n) is 2.37. The molecule has 0 N–H and O–H groups in total. The predicted octanol–water partition coefficient (Wildman–Crippen LogP) is 1.35. The minimum absolute atomic E-state index is 0.0191. The maximum absolute atomic E-state index is 10.8. The van der Waals surface area contributed by atoms with Crippen molar-refractivity contribution in [2.24, 2.45) is 4.99 Å². The molecule has 3 nitrogen and oxygen atoms in total. The average Bonchev–Trinajstić information content (AvgIpc) is 2.72. The molecular weight excluding hydrogens is 166 g/mol. The zero-order valence-electron chi connectivity index (χ0n) is 6.34. The zero-order valence-corrected chi connectivity index (χ0v) is 7.10. The molecule has 0 saturated heterocycles. The summed E-state index contributed by atoms with van der Waals surface area (Å²) in [4.78, 5) is 14.7. The summed E-state index contributed by atoms with van der Waals surface area (Å²) in [5.74, 6) is -0.513. The minimum atomic E-state index is -0.513. The normalized spacial score (nSPS) is 18.2. The van der Waals surface area contributed by atoms with E-state index in [1.54, 1.807) is 6.92 Å². The first-order valence-electron chi connectivity index (χ1n) is 3.64. The van der Waals surface area contributed by atoms with E-state index in [0.29, 0.717) is 6.61 Å². The van der Waals surface area contributed by atoms with Gasteiger partial charge in [-0.25, -0.2) is 4.79 Å². The molecule has 1 aliphatic rings. The molecule has 1 aliphatic carbocycles. The zero-order chi connectivity index (χ0) is 8.27. The largest absolute Gasteiger partial charge is 0.461 e. The Labute approximate surface area is 70.4 Å². The van der Waals surface area contributed by atoms with Crippen molar-refractivity contribution < 1.29 is 9.53 Å². The summed E-state index contributed by atoms with van der Waals surface area (Å²) >= 11 is 5.52. The summed E-state index contributed by atoms with van der Waals surface area (Å²) in [5, 5.41) is -0.0191. The Hall–Kier alpha value is -0.570. The highest BCUT2D eigenvalue weighted by Gasteiger charge is 2.22. The Morgan fingerprint density at radius 2 is 2.36 bits per heavy atom. The van der Waals surface area contributed by atoms with Crippen molar-refractivity contribution in [3.8, 4) is 0 Å². The molecule has 1 rings (SSSR count). The average molecular weight is 176 g/mol. The number of hydrogen-bond donors (Lipinski definition) is 0. The number of halogens is 1. The second-order valence-corrected chi connectivity index (χ2v) is 2.73. The molecule has 4 heteroatoms. The van der Waals surface area contributed by atoms with Gasteiger partial charge in [-0.2, -0.15) is 0 Å². The van der Waals surface area contributed by atoms with E-state index < -0.39 is 5.97 Å². The van der Waals surface area contributed by atoms with Crippen LogP contribution in [0, 0.1) is 0 Å². The summed E-state index contributed by atoms with van der Waals surface area (Å²) in [7, 11) is 0. The number of aliphatic imine (C=N–C) groups is 1. The number of rotatable bonds is 3. The van der Waals surface area contributed by atoms with Crippen molar-refractivity contribution >= 4 is 22.7 Å². The van der Waals surface area contributed by atoms with Crippen LogP contribution in [0.2, 0.25) is 0 Å². The van der Waals surface area contributed by atoms with Crippen LogP contribution in [0.4, 0.5) is 0 Å². The van der Waals surface area contributed by atoms with E-state index in [0.717, 1.165) is 12.8 Å². The molecule has 1 fully saturated rings. The van der Waals surface area contributed by atoms with Crippen LogP contribution in [0.5, 0.6) is 0 Å². The van der Waals surface area contributed by atoms with Crippen LogP contribution in [-0.4, -0.2) is 23.8 Å². The monoisotopic (exact) mass is 175 g/mol. The topological polar surface area (TPSA) is 38.7 Å². The molecular formula is C7H10ClNO2. The van der Waals surface area contributed by atoms with Crippen molar-refractivity contribution in [1.82, 2.24) is 0 Å². The first kappa shape index (κ1) is 8.53. The summed E-state index contributed by atoms with van der Waals surface area (Å²) < 4.78 is 4.63. The fraction of sp³-hybridized carbons (Fsp3) is 0.714. The lowest BCUT2D eigenvalue weighted by molar-refractivity contribution is -0.134. The van der Waals surface area contributed by atoms with Crippen LogP contribution in [0.15, 0.2) is 4.99 Å². The Morgan fingerprint density at radius 1 is 1.73 bits per heavy atom. The predicted molar refractivity (Wildman–Crippen MR) is 42.9 cm³/mol. The Kier molecular flexibility index (Phi) is 2.88. The molecule has 0 aliphatic heterocycles. The Morgan fingerprint density at radius 3 is 2.82 bits per heavy atom. The maximum atomic E-state index is 10.8. The van der Waals surface area contributed by atoms with Gasteiger partial charge in [-0.3, -0.25) is 4.99 Å². The standard InChI is InChI=1S/C7H10ClNO2/c1-2-11-7(10)6(8)9-5-3-4-5/h5H,2-4H2,1H3. The van der Waals surface area contributed by atoms with E-state index in [1.165, 1.54) is 0 Å². The molecule has 0 spiro atoms. The van der Waals surface area contributed by atoms with Gasteiger partial charge in [0.15, 0.2) is 0 Å². The summed E-state index contributed by atoms with van der Waals surface area (Å²) in [6.07, 6.45) is 2.07. The number of ether oxygens (including phenoxy) is 1. The van der Waals surface area contributed by atoms with E-state index in [9.17, 15) is 4.79 Å². The first-order valence-corrected chi connectivity index (χ1v) is 4.02. The second kappa shape index (κ2) is 3.72. The SMILES string of the molecule is CCOC(=O)C(Cl)=NC1CC1. The molecule has 0 amide bonds. The molecule has 11 heavy (non-hydrogen) atoms. The number of esters is 1. The van der Waals surface area contributed by atoms with Gasteiger partial charge in [0.1, 0.15) is 0 Å². The summed E-state index contributed by atoms with van der Waals surface area (Å²) in [6, 6.07) is 0.270. The lowest BCUT2D eigenvalue weighted by Crippen LogP contribution is -2.12. The van der Waals surface area contributed by atoms with Gasteiger partial charge in [0, 0.05) is 0 Å². The molecule has 0 bridgehead atoms. The van der Waals surface area contributed by atoms with Crippen molar-refractivity contribution in [2.75, 3.05) is 6.61 Å². The molecule has 1 saturated carbocycles. The molecule has 0 aromatic rings. The van der Waals surface area contributed by atoms with Crippen LogP contribution in [-0.2, 0) is 9.53 Å². The number of carbonyl (C=O) groups excluding carboxylic acids is 1. The van der Waals surface area contributed by atoms with E-state index in [-0.39, 0.29) is 11.2 Å². The van der Waals surface area contributed by atoms with Crippen molar-refractivity contribution in [3.05, 3.63) is 0 Å². The van der Waals surface area contributed by atoms with Crippen LogP contribution in [0.25, 0.3) is 0 Å². The van der Waals surface area contributed by atoms with Crippen LogP contribution in [0.3, 0.4) is 0 Å². The Balaban J connectivity index is 2.37. The molecule has 0 aromatic heterocycles. The van der Waals surface area contributed by atoms with Crippen molar-refractivity contribution in [3.63, 3.8) is 0 Å². The molecule has 0 radical (unpaired) electrons. The van der Waals surface area contributed by atoms with Gasteiger partial charge in [-0.15, -0.1) is 0 Å². The van der Waals surface area contributed by atoms with Crippen molar-refractivity contribution in [1.29, 1.82) is 0 Å². The van der Waals surface area contributed by atoms with E-state index in [1.807, 2.05) is 0 Å². The highest BCUT2D eigenvalue weighted by molar-refractivity contribution is 6.82. The van der Waals surface area contributed by atoms with Crippen LogP contribution < -0.4 is 0 Å². The summed E-state index contributed by atoms with van der Waals surface area (Å²) in [6.45, 7) is 2.08.